The van der Waals surface area contributed by atoms with Crippen LogP contribution in [0.15, 0.2) is 35.2 Å². The average Bonchev–Trinajstić information content (AvgIpc) is 3.13. The van der Waals surface area contributed by atoms with E-state index in [0.29, 0.717) is 11.7 Å². The number of benzene rings is 1. The van der Waals surface area contributed by atoms with Crippen LogP contribution < -0.4 is 5.73 Å². The van der Waals surface area contributed by atoms with Crippen LogP contribution in [0.3, 0.4) is 0 Å². The lowest BCUT2D eigenvalue weighted by atomic mass is 9.98. The molecule has 1 aromatic heterocycles. The second-order valence-electron chi connectivity index (χ2n) is 7.16. The van der Waals surface area contributed by atoms with E-state index >= 15 is 0 Å². The first kappa shape index (κ1) is 19.5. The Morgan fingerprint density at radius 3 is 2.67 bits per heavy atom. The number of aromatic nitrogens is 2. The molecule has 0 bridgehead atoms. The van der Waals surface area contributed by atoms with Crippen molar-refractivity contribution >= 4 is 23.6 Å². The minimum Gasteiger partial charge on any atom is -0.364 e. The molecule has 6 nitrogen and oxygen atoms in total. The van der Waals surface area contributed by atoms with Crippen molar-refractivity contribution < 1.29 is 9.59 Å². The molecule has 3 N–H and O–H groups in total. The Bertz CT molecular complexity index is 801. The fourth-order valence-electron chi connectivity index (χ4n) is 3.42. The van der Waals surface area contributed by atoms with Crippen LogP contribution in [-0.2, 0) is 11.2 Å². The van der Waals surface area contributed by atoms with Gasteiger partial charge in [0, 0.05) is 16.7 Å². The Balaban J connectivity index is 1.70. The third-order valence-corrected chi connectivity index (χ3v) is 5.70. The van der Waals surface area contributed by atoms with Gasteiger partial charge in [0.2, 0.25) is 5.91 Å². The molecule has 0 aliphatic carbocycles. The lowest BCUT2D eigenvalue weighted by Crippen LogP contribution is -2.39. The number of carbonyl (C=O) groups is 2. The number of piperidine rings is 1. The van der Waals surface area contributed by atoms with Crippen molar-refractivity contribution in [2.24, 2.45) is 5.73 Å². The van der Waals surface area contributed by atoms with Gasteiger partial charge < -0.3 is 10.6 Å². The number of primary amides is 1. The van der Waals surface area contributed by atoms with E-state index < -0.39 is 5.91 Å². The monoisotopic (exact) mass is 386 g/mol. The molecular formula is C20H26N4O2S. The smallest absolute Gasteiger partial charge is 0.269 e. The van der Waals surface area contributed by atoms with Gasteiger partial charge in [-0.05, 0) is 43.0 Å². The highest BCUT2D eigenvalue weighted by molar-refractivity contribution is 7.99. The van der Waals surface area contributed by atoms with Crippen molar-refractivity contribution in [3.63, 3.8) is 0 Å². The third-order valence-electron chi connectivity index (χ3n) is 4.68. The van der Waals surface area contributed by atoms with Crippen molar-refractivity contribution in [2.75, 3.05) is 6.54 Å². The summed E-state index contributed by atoms with van der Waals surface area (Å²) in [4.78, 5) is 27.4. The highest BCUT2D eigenvalue weighted by Crippen LogP contribution is 2.31. The molecule has 27 heavy (non-hydrogen) atoms. The maximum atomic E-state index is 12.9. The standard InChI is InChI=1S/C20H26N4O2S/c1-13(2)27-15-8-6-14(7-9-15)11-19(25)24-10-4-3-5-18(24)16-12-17(20(21)26)23-22-16/h6-9,12-13,18H,3-5,10-11H2,1-2H3,(H2,21,26)(H,22,23). The van der Waals surface area contributed by atoms with Crippen molar-refractivity contribution in [2.45, 2.75) is 55.7 Å². The fourth-order valence-corrected chi connectivity index (χ4v) is 4.26. The van der Waals surface area contributed by atoms with Crippen LogP contribution in [0, 0.1) is 0 Å². The highest BCUT2D eigenvalue weighted by atomic mass is 32.2. The summed E-state index contributed by atoms with van der Waals surface area (Å²) in [5.74, 6) is -0.468. The number of nitrogens with one attached hydrogen (secondary N) is 1. The van der Waals surface area contributed by atoms with Crippen LogP contribution in [-0.4, -0.2) is 38.7 Å². The molecule has 3 rings (SSSR count). The maximum Gasteiger partial charge on any atom is 0.269 e. The van der Waals surface area contributed by atoms with Gasteiger partial charge >= 0.3 is 0 Å². The Morgan fingerprint density at radius 2 is 2.04 bits per heavy atom. The SMILES string of the molecule is CC(C)Sc1ccc(CC(=O)N2CCCCC2c2cc(C(N)=O)n[nH]2)cc1. The van der Waals surface area contributed by atoms with Crippen LogP contribution in [0.5, 0.6) is 0 Å². The Morgan fingerprint density at radius 1 is 1.30 bits per heavy atom. The van der Waals surface area contributed by atoms with E-state index in [1.165, 1.54) is 4.90 Å². The van der Waals surface area contributed by atoms with Crippen LogP contribution in [0.1, 0.15) is 60.9 Å². The molecule has 144 valence electrons. The first-order valence-corrected chi connectivity index (χ1v) is 10.2. The summed E-state index contributed by atoms with van der Waals surface area (Å²) in [7, 11) is 0. The number of carbonyl (C=O) groups excluding carboxylic acids is 2. The summed E-state index contributed by atoms with van der Waals surface area (Å²) < 4.78 is 0. The van der Waals surface area contributed by atoms with Gasteiger partial charge in [-0.2, -0.15) is 5.10 Å². The van der Waals surface area contributed by atoms with Gasteiger partial charge in [-0.15, -0.1) is 11.8 Å². The van der Waals surface area contributed by atoms with Gasteiger partial charge in [-0.25, -0.2) is 0 Å². The van der Waals surface area contributed by atoms with Gasteiger partial charge in [0.05, 0.1) is 18.2 Å². The number of nitrogens with zero attached hydrogens (tertiary/aromatic N) is 2. The number of amides is 2. The Labute approximate surface area is 163 Å². The topological polar surface area (TPSA) is 92.1 Å². The predicted molar refractivity (Wildman–Crippen MR) is 107 cm³/mol. The predicted octanol–water partition coefficient (Wildman–Crippen LogP) is 3.31. The summed E-state index contributed by atoms with van der Waals surface area (Å²) in [5, 5.41) is 7.38. The summed E-state index contributed by atoms with van der Waals surface area (Å²) in [6, 6.07) is 9.80. The molecule has 0 radical (unpaired) electrons. The number of likely N-dealkylation sites (tertiary alicyclic amines) is 1. The largest absolute Gasteiger partial charge is 0.364 e. The van der Waals surface area contributed by atoms with E-state index in [0.717, 1.165) is 37.1 Å². The van der Waals surface area contributed by atoms with Crippen molar-refractivity contribution in [1.29, 1.82) is 0 Å². The Kier molecular flexibility index (Phi) is 6.21. The van der Waals surface area contributed by atoms with Crippen molar-refractivity contribution in [3.8, 4) is 0 Å². The molecule has 2 amide bonds. The lowest BCUT2D eigenvalue weighted by molar-refractivity contribution is -0.134. The third kappa shape index (κ3) is 4.91. The summed E-state index contributed by atoms with van der Waals surface area (Å²) in [5.41, 5.74) is 7.29. The number of hydrogen-bond donors (Lipinski definition) is 2. The van der Waals surface area contributed by atoms with Crippen LogP contribution >= 0.6 is 11.8 Å². The van der Waals surface area contributed by atoms with Gasteiger partial charge in [-0.3, -0.25) is 14.7 Å². The number of nitrogens with two attached hydrogens (primary N) is 1. The van der Waals surface area contributed by atoms with E-state index in [4.69, 9.17) is 5.73 Å². The van der Waals surface area contributed by atoms with Gasteiger partial charge in [0.1, 0.15) is 5.69 Å². The molecule has 0 saturated carbocycles. The summed E-state index contributed by atoms with van der Waals surface area (Å²) in [6.45, 7) is 5.05. The molecule has 1 aliphatic heterocycles. The molecule has 2 heterocycles. The molecule has 1 unspecified atom stereocenters. The average molecular weight is 387 g/mol. The summed E-state index contributed by atoms with van der Waals surface area (Å²) >= 11 is 1.81. The molecule has 1 aromatic carbocycles. The maximum absolute atomic E-state index is 12.9. The molecule has 0 spiro atoms. The molecule has 1 fully saturated rings. The van der Waals surface area contributed by atoms with Gasteiger partial charge in [0.25, 0.3) is 5.91 Å². The molecule has 1 aliphatic rings. The second-order valence-corrected chi connectivity index (χ2v) is 8.81. The van der Waals surface area contributed by atoms with E-state index in [2.05, 4.69) is 36.2 Å². The quantitative estimate of drug-likeness (QED) is 0.745. The van der Waals surface area contributed by atoms with E-state index in [1.807, 2.05) is 28.8 Å². The molecule has 7 heteroatoms. The summed E-state index contributed by atoms with van der Waals surface area (Å²) in [6.07, 6.45) is 3.26. The highest BCUT2D eigenvalue weighted by Gasteiger charge is 2.29. The van der Waals surface area contributed by atoms with Crippen molar-refractivity contribution in [3.05, 3.63) is 47.3 Å². The number of rotatable bonds is 6. The van der Waals surface area contributed by atoms with E-state index in [1.54, 1.807) is 6.07 Å². The molecular weight excluding hydrogens is 360 g/mol. The molecule has 1 atom stereocenters. The number of H-pyrrole nitrogens is 1. The number of aromatic amines is 1. The normalized spacial score (nSPS) is 17.3. The first-order chi connectivity index (χ1) is 12.9. The lowest BCUT2D eigenvalue weighted by Gasteiger charge is -2.35. The van der Waals surface area contributed by atoms with Crippen LogP contribution in [0.4, 0.5) is 0 Å². The second kappa shape index (κ2) is 8.61. The number of hydrogen-bond acceptors (Lipinski definition) is 4. The van der Waals surface area contributed by atoms with Gasteiger partial charge in [0.15, 0.2) is 0 Å². The van der Waals surface area contributed by atoms with Crippen LogP contribution in [0.25, 0.3) is 0 Å². The van der Waals surface area contributed by atoms with E-state index in [9.17, 15) is 9.59 Å². The zero-order valence-electron chi connectivity index (χ0n) is 15.8. The van der Waals surface area contributed by atoms with Crippen LogP contribution in [0.2, 0.25) is 0 Å². The Hall–Kier alpha value is -2.28. The minimum absolute atomic E-state index is 0.0809. The van der Waals surface area contributed by atoms with Crippen molar-refractivity contribution in [1.82, 2.24) is 15.1 Å². The molecule has 1 saturated heterocycles. The zero-order valence-corrected chi connectivity index (χ0v) is 16.6. The van der Waals surface area contributed by atoms with Gasteiger partial charge in [-0.1, -0.05) is 26.0 Å². The van der Waals surface area contributed by atoms with E-state index in [-0.39, 0.29) is 17.6 Å². The number of thioether (sulfide) groups is 1. The zero-order chi connectivity index (χ0) is 19.4. The fraction of sp³-hybridized carbons (Fsp3) is 0.450. The first-order valence-electron chi connectivity index (χ1n) is 9.34. The molecule has 2 aromatic rings. The minimum atomic E-state index is -0.564.